The predicted molar refractivity (Wildman–Crippen MR) is 142 cm³/mol. The Morgan fingerprint density at radius 1 is 1.14 bits per heavy atom. The Labute approximate surface area is 211 Å². The van der Waals surface area contributed by atoms with Gasteiger partial charge in [-0.3, -0.25) is 9.69 Å². The zero-order chi connectivity index (χ0) is 24.7. The number of amides is 1. The second-order valence-electron chi connectivity index (χ2n) is 9.15. The lowest BCUT2D eigenvalue weighted by Crippen LogP contribution is -2.72. The zero-order valence-electron chi connectivity index (χ0n) is 20.3. The van der Waals surface area contributed by atoms with Crippen molar-refractivity contribution in [3.63, 3.8) is 0 Å². The average Bonchev–Trinajstić information content (AvgIpc) is 2.82. The Morgan fingerprint density at radius 3 is 2.63 bits per heavy atom. The highest BCUT2D eigenvalue weighted by Gasteiger charge is 2.59. The van der Waals surface area contributed by atoms with Crippen molar-refractivity contribution < 1.29 is 14.3 Å². The van der Waals surface area contributed by atoms with E-state index in [0.29, 0.717) is 23.2 Å². The van der Waals surface area contributed by atoms with Crippen molar-refractivity contribution in [3.8, 4) is 11.5 Å². The summed E-state index contributed by atoms with van der Waals surface area (Å²) in [5.41, 5.74) is 3.52. The van der Waals surface area contributed by atoms with Crippen LogP contribution in [-0.2, 0) is 4.79 Å². The maximum Gasteiger partial charge on any atom is 0.236 e. The summed E-state index contributed by atoms with van der Waals surface area (Å²) >= 11 is 5.82. The minimum Gasteiger partial charge on any atom is -0.490 e. The van der Waals surface area contributed by atoms with Gasteiger partial charge >= 0.3 is 0 Å². The van der Waals surface area contributed by atoms with Gasteiger partial charge in [0.05, 0.1) is 12.6 Å². The van der Waals surface area contributed by atoms with Crippen molar-refractivity contribution in [2.45, 2.75) is 39.5 Å². The van der Waals surface area contributed by atoms with Gasteiger partial charge in [0.25, 0.3) is 0 Å². The smallest absolute Gasteiger partial charge is 0.236 e. The Morgan fingerprint density at radius 2 is 1.91 bits per heavy atom. The summed E-state index contributed by atoms with van der Waals surface area (Å²) in [5.74, 6) is 0.526. The van der Waals surface area contributed by atoms with Crippen LogP contribution in [0.2, 0.25) is 0 Å². The van der Waals surface area contributed by atoms with Crippen molar-refractivity contribution in [1.82, 2.24) is 5.32 Å². The molecule has 0 spiro atoms. The first-order chi connectivity index (χ1) is 16.8. The van der Waals surface area contributed by atoms with Crippen molar-refractivity contribution in [3.05, 3.63) is 83.4 Å². The molecule has 7 heteroatoms. The van der Waals surface area contributed by atoms with Crippen molar-refractivity contribution in [1.29, 1.82) is 0 Å². The van der Waals surface area contributed by atoms with Gasteiger partial charge in [0.15, 0.2) is 22.3 Å². The molecule has 0 saturated carbocycles. The minimum atomic E-state index is -1.10. The zero-order valence-corrected chi connectivity index (χ0v) is 21.1. The number of fused-ring (bicyclic) bond motifs is 4. The number of nitrogens with zero attached hydrogens (tertiary/aromatic N) is 1. The molecule has 0 aromatic heterocycles. The number of aryl methyl sites for hydroxylation is 2. The molecule has 3 aromatic carbocycles. The van der Waals surface area contributed by atoms with Crippen LogP contribution in [0.4, 0.5) is 11.4 Å². The van der Waals surface area contributed by atoms with Crippen LogP contribution in [0.5, 0.6) is 11.5 Å². The summed E-state index contributed by atoms with van der Waals surface area (Å²) in [7, 11) is 0. The second kappa shape index (κ2) is 8.89. The second-order valence-corrected chi connectivity index (χ2v) is 9.53. The number of anilines is 2. The first kappa shape index (κ1) is 23.2. The van der Waals surface area contributed by atoms with Crippen LogP contribution in [0, 0.1) is 19.8 Å². The van der Waals surface area contributed by atoms with Gasteiger partial charge in [-0.05, 0) is 69.7 Å². The largest absolute Gasteiger partial charge is 0.490 e. The first-order valence-corrected chi connectivity index (χ1v) is 12.2. The molecule has 2 N–H and O–H groups in total. The molecule has 1 fully saturated rings. The molecule has 6 nitrogen and oxygen atoms in total. The van der Waals surface area contributed by atoms with Crippen LogP contribution in [-0.4, -0.2) is 23.4 Å². The highest BCUT2D eigenvalue weighted by atomic mass is 32.1. The van der Waals surface area contributed by atoms with Crippen LogP contribution >= 0.6 is 12.2 Å². The molecule has 0 radical (unpaired) electrons. The first-order valence-electron chi connectivity index (χ1n) is 11.8. The number of para-hydroxylation sites is 2. The van der Waals surface area contributed by atoms with Crippen LogP contribution in [0.3, 0.4) is 0 Å². The molecule has 1 amide bonds. The third kappa shape index (κ3) is 3.90. The average molecular weight is 488 g/mol. The SMILES string of the molecule is CCOc1cccc2c1O[C@@]1(C)[C@@H](C(=O)Nc3ccc(C)cc3C)[C@@H]2NC(=S)N1c1ccccc1. The monoisotopic (exact) mass is 487 g/mol. The summed E-state index contributed by atoms with van der Waals surface area (Å²) in [5, 5.41) is 7.11. The third-order valence-corrected chi connectivity index (χ3v) is 7.03. The Balaban J connectivity index is 1.64. The number of rotatable bonds is 5. The van der Waals surface area contributed by atoms with Gasteiger partial charge in [-0.2, -0.15) is 0 Å². The number of carbonyl (C=O) groups excluding carboxylic acids is 1. The molecule has 2 aliphatic rings. The van der Waals surface area contributed by atoms with Gasteiger partial charge in [-0.25, -0.2) is 0 Å². The summed E-state index contributed by atoms with van der Waals surface area (Å²) < 4.78 is 12.6. The molecule has 3 atom stereocenters. The number of thiocarbonyl (C=S) groups is 1. The molecule has 2 heterocycles. The lowest BCUT2D eigenvalue weighted by atomic mass is 9.78. The number of carbonyl (C=O) groups is 1. The molecule has 180 valence electrons. The van der Waals surface area contributed by atoms with E-state index in [1.165, 1.54) is 0 Å². The van der Waals surface area contributed by atoms with Crippen LogP contribution in [0.15, 0.2) is 66.7 Å². The molecule has 2 bridgehead atoms. The minimum absolute atomic E-state index is 0.146. The molecule has 1 saturated heterocycles. The van der Waals surface area contributed by atoms with Crippen molar-refractivity contribution >= 4 is 34.6 Å². The highest BCUT2D eigenvalue weighted by molar-refractivity contribution is 7.80. The van der Waals surface area contributed by atoms with E-state index in [4.69, 9.17) is 21.7 Å². The fraction of sp³-hybridized carbons (Fsp3) is 0.286. The highest BCUT2D eigenvalue weighted by Crippen LogP contribution is 2.52. The van der Waals surface area contributed by atoms with Crippen molar-refractivity contribution in [2.24, 2.45) is 5.92 Å². The van der Waals surface area contributed by atoms with Gasteiger partial charge in [0, 0.05) is 16.9 Å². The molecular formula is C28H29N3O3S. The summed E-state index contributed by atoms with van der Waals surface area (Å²) in [4.78, 5) is 15.9. The fourth-order valence-electron chi connectivity index (χ4n) is 5.17. The topological polar surface area (TPSA) is 62.8 Å². The van der Waals surface area contributed by atoms with Crippen molar-refractivity contribution in [2.75, 3.05) is 16.8 Å². The Kier molecular flexibility index (Phi) is 5.89. The third-order valence-electron chi connectivity index (χ3n) is 6.73. The van der Waals surface area contributed by atoms with Gasteiger partial charge in [0.1, 0.15) is 5.92 Å². The summed E-state index contributed by atoms with van der Waals surface area (Å²) in [6.45, 7) is 8.41. The van der Waals surface area contributed by atoms with Crippen LogP contribution in [0.25, 0.3) is 0 Å². The Bertz CT molecular complexity index is 1300. The molecule has 2 aliphatic heterocycles. The number of hydrogen-bond acceptors (Lipinski definition) is 4. The number of benzene rings is 3. The maximum atomic E-state index is 14.0. The van der Waals surface area contributed by atoms with E-state index in [2.05, 4.69) is 16.7 Å². The lowest BCUT2D eigenvalue weighted by Gasteiger charge is -2.56. The maximum absolute atomic E-state index is 14.0. The van der Waals surface area contributed by atoms with E-state index >= 15 is 0 Å². The number of nitrogens with one attached hydrogen (secondary N) is 2. The molecule has 5 rings (SSSR count). The van der Waals surface area contributed by atoms with E-state index in [1.807, 2.05) is 93.3 Å². The van der Waals surface area contributed by atoms with Gasteiger partial charge < -0.3 is 20.1 Å². The van der Waals surface area contributed by atoms with E-state index in [1.54, 1.807) is 0 Å². The van der Waals surface area contributed by atoms with E-state index < -0.39 is 11.6 Å². The Hall–Kier alpha value is -3.58. The molecular weight excluding hydrogens is 458 g/mol. The van der Waals surface area contributed by atoms with E-state index in [9.17, 15) is 4.79 Å². The van der Waals surface area contributed by atoms with E-state index in [0.717, 1.165) is 28.1 Å². The van der Waals surface area contributed by atoms with Gasteiger partial charge in [-0.15, -0.1) is 0 Å². The van der Waals surface area contributed by atoms with Crippen LogP contribution in [0.1, 0.15) is 36.6 Å². The van der Waals surface area contributed by atoms with Gasteiger partial charge in [0.2, 0.25) is 5.91 Å². The molecule has 0 unspecified atom stereocenters. The quantitative estimate of drug-likeness (QED) is 0.464. The lowest BCUT2D eigenvalue weighted by molar-refractivity contribution is -0.130. The standard InChI is InChI=1S/C28H29N3O3S/c1-5-33-22-13-9-12-20-24-23(26(32)29-21-15-14-17(2)16-18(21)3)28(4,34-25(20)22)31(27(35)30-24)19-10-7-6-8-11-19/h6-16,23-24H,5H2,1-4H3,(H,29,32)(H,30,35)/t23-,24-,28+/m1/s1. The van der Waals surface area contributed by atoms with Crippen LogP contribution < -0.4 is 25.0 Å². The normalized spacial score (nSPS) is 22.5. The number of ether oxygens (including phenoxy) is 2. The molecule has 0 aliphatic carbocycles. The predicted octanol–water partition coefficient (Wildman–Crippen LogP) is 5.50. The fourth-order valence-corrected chi connectivity index (χ4v) is 5.58. The number of hydrogen-bond donors (Lipinski definition) is 2. The molecule has 3 aromatic rings. The summed E-state index contributed by atoms with van der Waals surface area (Å²) in [6.07, 6.45) is 0. The molecule has 35 heavy (non-hydrogen) atoms. The summed E-state index contributed by atoms with van der Waals surface area (Å²) in [6, 6.07) is 21.2. The van der Waals surface area contributed by atoms with E-state index in [-0.39, 0.29) is 11.9 Å². The van der Waals surface area contributed by atoms with Gasteiger partial charge in [-0.1, -0.05) is 48.0 Å².